The molecule has 0 N–H and O–H groups in total. The number of hydrogen-bond acceptors (Lipinski definition) is 5. The summed E-state index contributed by atoms with van der Waals surface area (Å²) in [6, 6.07) is 0.299. The molecule has 2 aromatic rings. The minimum absolute atomic E-state index is 0.256. The Morgan fingerprint density at radius 3 is 2.84 bits per heavy atom. The SMILES string of the molecule is CCn1cc(S(=O)(=O)N2CCCC(Cc3nncn3C(C)C)C2)cn1. The third kappa shape index (κ3) is 3.77. The van der Waals surface area contributed by atoms with Crippen molar-refractivity contribution in [2.45, 2.75) is 57.5 Å². The Kier molecular flexibility index (Phi) is 5.24. The molecule has 1 fully saturated rings. The summed E-state index contributed by atoms with van der Waals surface area (Å²) in [7, 11) is -3.48. The summed E-state index contributed by atoms with van der Waals surface area (Å²) < 4.78 is 31.0. The molecule has 1 atom stereocenters. The molecule has 0 aromatic carbocycles. The average Bonchev–Trinajstić information content (AvgIpc) is 3.24. The summed E-state index contributed by atoms with van der Waals surface area (Å²) in [5, 5.41) is 12.3. The highest BCUT2D eigenvalue weighted by molar-refractivity contribution is 7.89. The van der Waals surface area contributed by atoms with Crippen molar-refractivity contribution in [3.63, 3.8) is 0 Å². The lowest BCUT2D eigenvalue weighted by molar-refractivity contribution is 0.260. The smallest absolute Gasteiger partial charge is 0.246 e. The molecule has 138 valence electrons. The molecule has 0 radical (unpaired) electrons. The van der Waals surface area contributed by atoms with Crippen molar-refractivity contribution in [2.75, 3.05) is 13.1 Å². The van der Waals surface area contributed by atoms with Gasteiger partial charge in [-0.15, -0.1) is 10.2 Å². The highest BCUT2D eigenvalue weighted by Crippen LogP contribution is 2.26. The van der Waals surface area contributed by atoms with Crippen LogP contribution in [0, 0.1) is 5.92 Å². The second-order valence-corrected chi connectivity index (χ2v) is 8.79. The van der Waals surface area contributed by atoms with Crippen molar-refractivity contribution in [3.05, 3.63) is 24.5 Å². The van der Waals surface area contributed by atoms with E-state index in [9.17, 15) is 8.42 Å². The Morgan fingerprint density at radius 1 is 1.36 bits per heavy atom. The van der Waals surface area contributed by atoms with Gasteiger partial charge >= 0.3 is 0 Å². The first-order chi connectivity index (χ1) is 11.9. The van der Waals surface area contributed by atoms with E-state index in [-0.39, 0.29) is 10.8 Å². The quantitative estimate of drug-likeness (QED) is 0.777. The molecule has 25 heavy (non-hydrogen) atoms. The van der Waals surface area contributed by atoms with Crippen molar-refractivity contribution >= 4 is 10.0 Å². The first-order valence-electron chi connectivity index (χ1n) is 8.82. The Balaban J connectivity index is 1.73. The van der Waals surface area contributed by atoms with E-state index in [1.54, 1.807) is 21.5 Å². The zero-order valence-corrected chi connectivity index (χ0v) is 15.9. The summed E-state index contributed by atoms with van der Waals surface area (Å²) in [5.74, 6) is 1.18. The van der Waals surface area contributed by atoms with E-state index in [4.69, 9.17) is 0 Å². The second-order valence-electron chi connectivity index (χ2n) is 6.86. The van der Waals surface area contributed by atoms with E-state index in [0.29, 0.717) is 25.7 Å². The number of nitrogens with zero attached hydrogens (tertiary/aromatic N) is 6. The molecule has 0 amide bonds. The maximum absolute atomic E-state index is 12.9. The monoisotopic (exact) mass is 366 g/mol. The van der Waals surface area contributed by atoms with Crippen LogP contribution in [0.5, 0.6) is 0 Å². The van der Waals surface area contributed by atoms with Gasteiger partial charge in [0, 0.05) is 38.3 Å². The van der Waals surface area contributed by atoms with Crippen molar-refractivity contribution < 1.29 is 8.42 Å². The van der Waals surface area contributed by atoms with Crippen LogP contribution in [0.15, 0.2) is 23.6 Å². The molecule has 0 saturated carbocycles. The Bertz CT molecular complexity index is 810. The molecule has 1 saturated heterocycles. The van der Waals surface area contributed by atoms with Gasteiger partial charge in [0.05, 0.1) is 6.20 Å². The molecule has 0 aliphatic carbocycles. The number of rotatable bonds is 6. The van der Waals surface area contributed by atoms with Gasteiger partial charge in [0.2, 0.25) is 10.0 Å². The van der Waals surface area contributed by atoms with Crippen LogP contribution < -0.4 is 0 Å². The fourth-order valence-corrected chi connectivity index (χ4v) is 4.82. The zero-order chi connectivity index (χ0) is 18.0. The van der Waals surface area contributed by atoms with Crippen molar-refractivity contribution in [3.8, 4) is 0 Å². The van der Waals surface area contributed by atoms with Crippen LogP contribution >= 0.6 is 0 Å². The van der Waals surface area contributed by atoms with Crippen LogP contribution in [0.2, 0.25) is 0 Å². The highest BCUT2D eigenvalue weighted by atomic mass is 32.2. The lowest BCUT2D eigenvalue weighted by Crippen LogP contribution is -2.40. The molecule has 1 unspecified atom stereocenters. The molecule has 3 heterocycles. The fraction of sp³-hybridized carbons (Fsp3) is 0.688. The Morgan fingerprint density at radius 2 is 2.16 bits per heavy atom. The van der Waals surface area contributed by atoms with Crippen LogP contribution in [-0.2, 0) is 23.0 Å². The van der Waals surface area contributed by atoms with Gasteiger partial charge in [-0.25, -0.2) is 8.42 Å². The summed E-state index contributed by atoms with van der Waals surface area (Å²) in [6.07, 6.45) is 7.41. The van der Waals surface area contributed by atoms with Crippen molar-refractivity contribution in [1.29, 1.82) is 0 Å². The number of sulfonamides is 1. The molecular weight excluding hydrogens is 340 g/mol. The van der Waals surface area contributed by atoms with Crippen molar-refractivity contribution in [2.24, 2.45) is 5.92 Å². The summed E-state index contributed by atoms with van der Waals surface area (Å²) in [5.41, 5.74) is 0. The Labute approximate surface area is 148 Å². The predicted octanol–water partition coefficient (Wildman–Crippen LogP) is 1.72. The summed E-state index contributed by atoms with van der Waals surface area (Å²) in [4.78, 5) is 0.278. The number of piperidine rings is 1. The van der Waals surface area contributed by atoms with E-state index in [1.165, 1.54) is 6.20 Å². The molecule has 8 nitrogen and oxygen atoms in total. The topological polar surface area (TPSA) is 85.9 Å². The van der Waals surface area contributed by atoms with Gasteiger partial charge in [-0.3, -0.25) is 4.68 Å². The third-order valence-electron chi connectivity index (χ3n) is 4.73. The van der Waals surface area contributed by atoms with E-state index in [2.05, 4.69) is 33.7 Å². The fourth-order valence-electron chi connectivity index (χ4n) is 3.31. The highest BCUT2D eigenvalue weighted by Gasteiger charge is 2.31. The number of aryl methyl sites for hydroxylation is 1. The average molecular weight is 366 g/mol. The minimum atomic E-state index is -3.48. The van der Waals surface area contributed by atoms with Gasteiger partial charge in [-0.05, 0) is 39.5 Å². The lowest BCUT2D eigenvalue weighted by Gasteiger charge is -2.31. The maximum Gasteiger partial charge on any atom is 0.246 e. The van der Waals surface area contributed by atoms with E-state index in [0.717, 1.165) is 25.1 Å². The lowest BCUT2D eigenvalue weighted by atomic mass is 9.96. The largest absolute Gasteiger partial charge is 0.315 e. The summed E-state index contributed by atoms with van der Waals surface area (Å²) >= 11 is 0. The van der Waals surface area contributed by atoms with E-state index < -0.39 is 10.0 Å². The van der Waals surface area contributed by atoms with Crippen LogP contribution in [-0.4, -0.2) is 50.4 Å². The van der Waals surface area contributed by atoms with Gasteiger partial charge in [0.15, 0.2) is 0 Å². The maximum atomic E-state index is 12.9. The number of aromatic nitrogens is 5. The van der Waals surface area contributed by atoms with E-state index in [1.807, 2.05) is 6.92 Å². The molecule has 1 aliphatic heterocycles. The minimum Gasteiger partial charge on any atom is -0.315 e. The van der Waals surface area contributed by atoms with Gasteiger partial charge in [0.1, 0.15) is 17.0 Å². The Hall–Kier alpha value is -1.74. The summed E-state index contributed by atoms with van der Waals surface area (Å²) in [6.45, 7) is 7.86. The standard InChI is InChI=1S/C16H26N6O2S/c1-4-20-11-15(9-18-20)25(23,24)21-7-5-6-14(10-21)8-16-19-17-12-22(16)13(2)3/h9,11-14H,4-8,10H2,1-3H3. The van der Waals surface area contributed by atoms with Crippen LogP contribution in [0.3, 0.4) is 0 Å². The van der Waals surface area contributed by atoms with Crippen LogP contribution in [0.25, 0.3) is 0 Å². The molecule has 1 aliphatic rings. The number of hydrogen-bond donors (Lipinski definition) is 0. The molecule has 0 bridgehead atoms. The molecular formula is C16H26N6O2S. The van der Waals surface area contributed by atoms with Gasteiger partial charge < -0.3 is 4.57 Å². The van der Waals surface area contributed by atoms with Gasteiger partial charge in [-0.2, -0.15) is 9.40 Å². The van der Waals surface area contributed by atoms with Crippen molar-refractivity contribution in [1.82, 2.24) is 28.9 Å². The molecule has 9 heteroatoms. The first kappa shape index (κ1) is 18.1. The van der Waals surface area contributed by atoms with Crippen LogP contribution in [0.4, 0.5) is 0 Å². The molecule has 0 spiro atoms. The third-order valence-corrected chi connectivity index (χ3v) is 6.55. The second kappa shape index (κ2) is 7.25. The van der Waals surface area contributed by atoms with Crippen LogP contribution in [0.1, 0.15) is 45.5 Å². The van der Waals surface area contributed by atoms with Gasteiger partial charge in [-0.1, -0.05) is 0 Å². The normalized spacial score (nSPS) is 19.6. The molecule has 2 aromatic heterocycles. The predicted molar refractivity (Wildman–Crippen MR) is 93.5 cm³/mol. The molecule has 3 rings (SSSR count). The van der Waals surface area contributed by atoms with E-state index >= 15 is 0 Å². The zero-order valence-electron chi connectivity index (χ0n) is 15.0. The van der Waals surface area contributed by atoms with Gasteiger partial charge in [0.25, 0.3) is 0 Å². The first-order valence-corrected chi connectivity index (χ1v) is 10.3.